The number of nitrogens with zero attached hydrogens (tertiary/aromatic N) is 1. The van der Waals surface area contributed by atoms with Crippen molar-refractivity contribution >= 4 is 21.6 Å². The van der Waals surface area contributed by atoms with E-state index in [2.05, 4.69) is 26.9 Å². The molecule has 1 aromatic rings. The zero-order chi connectivity index (χ0) is 13.0. The van der Waals surface area contributed by atoms with Crippen LogP contribution in [0.3, 0.4) is 0 Å². The van der Waals surface area contributed by atoms with Crippen LogP contribution in [-0.2, 0) is 11.3 Å². The summed E-state index contributed by atoms with van der Waals surface area (Å²) in [5.41, 5.74) is 7.95. The van der Waals surface area contributed by atoms with Crippen molar-refractivity contribution in [3.8, 4) is 0 Å². The molecule has 100 valence electrons. The highest BCUT2D eigenvalue weighted by molar-refractivity contribution is 9.10. The van der Waals surface area contributed by atoms with E-state index >= 15 is 0 Å². The van der Waals surface area contributed by atoms with Crippen molar-refractivity contribution in [3.05, 3.63) is 28.2 Å². The van der Waals surface area contributed by atoms with Crippen LogP contribution in [0.15, 0.2) is 22.7 Å². The number of halogens is 1. The van der Waals surface area contributed by atoms with Gasteiger partial charge in [-0.1, -0.05) is 15.9 Å². The molecule has 18 heavy (non-hydrogen) atoms. The van der Waals surface area contributed by atoms with Gasteiger partial charge in [0.05, 0.1) is 0 Å². The van der Waals surface area contributed by atoms with Crippen molar-refractivity contribution in [2.75, 3.05) is 32.5 Å². The molecule has 0 radical (unpaired) electrons. The Balaban J connectivity index is 1.89. The first-order valence-electron chi connectivity index (χ1n) is 6.44. The second kappa shape index (κ2) is 6.55. The van der Waals surface area contributed by atoms with Crippen LogP contribution in [0, 0.1) is 5.92 Å². The minimum atomic E-state index is 0.732. The fourth-order valence-electron chi connectivity index (χ4n) is 2.50. The number of nitrogens with two attached hydrogens (primary N) is 1. The minimum Gasteiger partial charge on any atom is -0.399 e. The second-order valence-corrected chi connectivity index (χ2v) is 5.88. The maximum atomic E-state index is 5.84. The molecular weight excluding hydrogens is 292 g/mol. The van der Waals surface area contributed by atoms with Crippen molar-refractivity contribution in [3.63, 3.8) is 0 Å². The van der Waals surface area contributed by atoms with Gasteiger partial charge in [-0.15, -0.1) is 0 Å². The van der Waals surface area contributed by atoms with Gasteiger partial charge in [0.15, 0.2) is 0 Å². The molecule has 2 N–H and O–H groups in total. The number of nitrogen functional groups attached to an aromatic ring is 1. The second-order valence-electron chi connectivity index (χ2n) is 5.03. The number of ether oxygens (including phenoxy) is 1. The summed E-state index contributed by atoms with van der Waals surface area (Å²) in [5.74, 6) is 0.732. The molecule has 0 atom stereocenters. The number of hydrogen-bond acceptors (Lipinski definition) is 3. The maximum Gasteiger partial charge on any atom is 0.0491 e. The number of rotatable bonds is 4. The molecule has 1 aliphatic rings. The summed E-state index contributed by atoms with van der Waals surface area (Å²) >= 11 is 3.59. The van der Waals surface area contributed by atoms with E-state index in [1.54, 1.807) is 7.11 Å². The van der Waals surface area contributed by atoms with E-state index < -0.39 is 0 Å². The van der Waals surface area contributed by atoms with Gasteiger partial charge in [0.1, 0.15) is 0 Å². The quantitative estimate of drug-likeness (QED) is 0.869. The Hall–Kier alpha value is -0.580. The van der Waals surface area contributed by atoms with E-state index in [1.165, 1.54) is 18.4 Å². The Morgan fingerprint density at radius 2 is 2.11 bits per heavy atom. The molecule has 0 unspecified atom stereocenters. The molecule has 2 rings (SSSR count). The standard InChI is InChI=1S/C14H21BrN2O/c1-18-10-11-4-6-17(7-5-11)9-12-8-13(16)2-3-14(12)15/h2-3,8,11H,4-7,9-10,16H2,1H3. The molecule has 0 bridgehead atoms. The van der Waals surface area contributed by atoms with Crippen LogP contribution in [0.4, 0.5) is 5.69 Å². The highest BCUT2D eigenvalue weighted by Crippen LogP contribution is 2.24. The maximum absolute atomic E-state index is 5.84. The lowest BCUT2D eigenvalue weighted by atomic mass is 9.97. The molecule has 3 nitrogen and oxygen atoms in total. The Bertz CT molecular complexity index is 389. The molecule has 4 heteroatoms. The fourth-order valence-corrected chi connectivity index (χ4v) is 2.88. The van der Waals surface area contributed by atoms with Crippen LogP contribution in [0.5, 0.6) is 0 Å². The van der Waals surface area contributed by atoms with Crippen molar-refractivity contribution in [2.45, 2.75) is 19.4 Å². The Labute approximate surface area is 117 Å². The van der Waals surface area contributed by atoms with Gasteiger partial charge in [0, 0.05) is 30.4 Å². The SMILES string of the molecule is COCC1CCN(Cc2cc(N)ccc2Br)CC1. The highest BCUT2D eigenvalue weighted by atomic mass is 79.9. The van der Waals surface area contributed by atoms with Crippen molar-refractivity contribution < 1.29 is 4.74 Å². The number of likely N-dealkylation sites (tertiary alicyclic amines) is 1. The van der Waals surface area contributed by atoms with E-state index in [0.717, 1.165) is 42.3 Å². The smallest absolute Gasteiger partial charge is 0.0491 e. The average Bonchev–Trinajstić information content (AvgIpc) is 2.37. The zero-order valence-corrected chi connectivity index (χ0v) is 12.4. The van der Waals surface area contributed by atoms with Crippen LogP contribution >= 0.6 is 15.9 Å². The predicted molar refractivity (Wildman–Crippen MR) is 78.4 cm³/mol. The molecule has 1 aliphatic heterocycles. The summed E-state index contributed by atoms with van der Waals surface area (Å²) < 4.78 is 6.38. The van der Waals surface area contributed by atoms with E-state index in [1.807, 2.05) is 12.1 Å². The molecule has 0 aromatic heterocycles. The summed E-state index contributed by atoms with van der Waals surface area (Å²) in [4.78, 5) is 2.49. The summed E-state index contributed by atoms with van der Waals surface area (Å²) in [7, 11) is 1.79. The third-order valence-electron chi connectivity index (χ3n) is 3.57. The summed E-state index contributed by atoms with van der Waals surface area (Å²) in [6, 6.07) is 6.02. The lowest BCUT2D eigenvalue weighted by Crippen LogP contribution is -2.34. The number of methoxy groups -OCH3 is 1. The third kappa shape index (κ3) is 3.70. The number of anilines is 1. The molecule has 1 heterocycles. The van der Waals surface area contributed by atoms with Gasteiger partial charge in [-0.3, -0.25) is 4.90 Å². The summed E-state index contributed by atoms with van der Waals surface area (Å²) in [6.45, 7) is 4.17. The van der Waals surface area contributed by atoms with Gasteiger partial charge in [0.25, 0.3) is 0 Å². The fraction of sp³-hybridized carbons (Fsp3) is 0.571. The van der Waals surface area contributed by atoms with E-state index in [-0.39, 0.29) is 0 Å². The van der Waals surface area contributed by atoms with Gasteiger partial charge < -0.3 is 10.5 Å². The molecule has 1 fully saturated rings. The molecule has 0 spiro atoms. The molecule has 0 amide bonds. The molecule has 0 aliphatic carbocycles. The number of benzene rings is 1. The Kier molecular flexibility index (Phi) is 5.03. The van der Waals surface area contributed by atoms with Crippen molar-refractivity contribution in [1.82, 2.24) is 4.90 Å². The van der Waals surface area contributed by atoms with Gasteiger partial charge >= 0.3 is 0 Å². The highest BCUT2D eigenvalue weighted by Gasteiger charge is 2.19. The van der Waals surface area contributed by atoms with Crippen molar-refractivity contribution in [2.24, 2.45) is 5.92 Å². The van der Waals surface area contributed by atoms with E-state index in [0.29, 0.717) is 0 Å². The Morgan fingerprint density at radius 3 is 2.78 bits per heavy atom. The first kappa shape index (κ1) is 13.8. The Morgan fingerprint density at radius 1 is 1.39 bits per heavy atom. The van der Waals surface area contributed by atoms with E-state index in [4.69, 9.17) is 10.5 Å². The summed E-state index contributed by atoms with van der Waals surface area (Å²) in [6.07, 6.45) is 2.46. The predicted octanol–water partition coefficient (Wildman–Crippen LogP) is 2.89. The molecule has 1 saturated heterocycles. The monoisotopic (exact) mass is 312 g/mol. The van der Waals surface area contributed by atoms with Crippen LogP contribution in [0.1, 0.15) is 18.4 Å². The van der Waals surface area contributed by atoms with Gasteiger partial charge in [-0.25, -0.2) is 0 Å². The number of piperidine rings is 1. The normalized spacial score (nSPS) is 18.1. The van der Waals surface area contributed by atoms with E-state index in [9.17, 15) is 0 Å². The van der Waals surface area contributed by atoms with Crippen LogP contribution in [-0.4, -0.2) is 31.7 Å². The molecular formula is C14H21BrN2O. The topological polar surface area (TPSA) is 38.5 Å². The minimum absolute atomic E-state index is 0.732. The first-order chi connectivity index (χ1) is 8.69. The number of hydrogen-bond donors (Lipinski definition) is 1. The first-order valence-corrected chi connectivity index (χ1v) is 7.23. The summed E-state index contributed by atoms with van der Waals surface area (Å²) in [5, 5.41) is 0. The van der Waals surface area contributed by atoms with Gasteiger partial charge in [0.2, 0.25) is 0 Å². The van der Waals surface area contributed by atoms with Crippen LogP contribution in [0.2, 0.25) is 0 Å². The van der Waals surface area contributed by atoms with Gasteiger partial charge in [-0.2, -0.15) is 0 Å². The zero-order valence-electron chi connectivity index (χ0n) is 10.9. The average molecular weight is 313 g/mol. The van der Waals surface area contributed by atoms with Crippen LogP contribution in [0.25, 0.3) is 0 Å². The molecule has 1 aromatic carbocycles. The van der Waals surface area contributed by atoms with Gasteiger partial charge in [-0.05, 0) is 55.6 Å². The van der Waals surface area contributed by atoms with Crippen LogP contribution < -0.4 is 5.73 Å². The lowest BCUT2D eigenvalue weighted by molar-refractivity contribution is 0.0967. The largest absolute Gasteiger partial charge is 0.399 e. The third-order valence-corrected chi connectivity index (χ3v) is 4.35. The molecule has 0 saturated carbocycles. The lowest BCUT2D eigenvalue weighted by Gasteiger charge is -2.31. The van der Waals surface area contributed by atoms with Crippen molar-refractivity contribution in [1.29, 1.82) is 0 Å².